The third-order valence-corrected chi connectivity index (χ3v) is 3.58. The highest BCUT2D eigenvalue weighted by Crippen LogP contribution is 2.43. The smallest absolute Gasteiger partial charge is 0.157 e. The van der Waals surface area contributed by atoms with Crippen LogP contribution in [0.3, 0.4) is 0 Å². The molecule has 18 heavy (non-hydrogen) atoms. The molecule has 0 bridgehead atoms. The second-order valence-electron chi connectivity index (χ2n) is 3.65. The third-order valence-electron chi connectivity index (χ3n) is 2.53. The summed E-state index contributed by atoms with van der Waals surface area (Å²) in [6, 6.07) is 1.66. The minimum Gasteiger partial charge on any atom is -0.506 e. The Morgan fingerprint density at radius 1 is 1.56 bits per heavy atom. The number of hydrogen-bond acceptors (Lipinski definition) is 5. The summed E-state index contributed by atoms with van der Waals surface area (Å²) in [4.78, 5) is 11.1. The number of halogens is 1. The normalized spacial score (nSPS) is 10.6. The molecular formula is C12H9BrO4S. The van der Waals surface area contributed by atoms with Gasteiger partial charge in [-0.25, -0.2) is 0 Å². The summed E-state index contributed by atoms with van der Waals surface area (Å²) in [5, 5.41) is 10.4. The van der Waals surface area contributed by atoms with Gasteiger partial charge in [-0.3, -0.25) is 4.79 Å². The molecule has 0 radical (unpaired) electrons. The largest absolute Gasteiger partial charge is 0.506 e. The topological polar surface area (TPSA) is 59.7 Å². The van der Waals surface area contributed by atoms with E-state index in [9.17, 15) is 9.90 Å². The number of aryl methyl sites for hydroxylation is 1. The molecule has 0 amide bonds. The number of rotatable bonds is 2. The first kappa shape index (κ1) is 13.0. The average Bonchev–Trinajstić information content (AvgIpc) is 2.33. The molecule has 0 fully saturated rings. The predicted octanol–water partition coefficient (Wildman–Crippen LogP) is 3.76. The van der Waals surface area contributed by atoms with Gasteiger partial charge in [0.25, 0.3) is 0 Å². The fourth-order valence-electron chi connectivity index (χ4n) is 1.77. The summed E-state index contributed by atoms with van der Waals surface area (Å²) in [7, 11) is 1.41. The van der Waals surface area contributed by atoms with Gasteiger partial charge in [0.2, 0.25) is 0 Å². The van der Waals surface area contributed by atoms with Crippen LogP contribution < -0.4 is 4.74 Å². The molecule has 2 aromatic rings. The molecule has 0 atom stereocenters. The maximum atomic E-state index is 11.1. The van der Waals surface area contributed by atoms with E-state index >= 15 is 0 Å². The van der Waals surface area contributed by atoms with E-state index in [0.29, 0.717) is 27.5 Å². The second-order valence-corrected chi connectivity index (χ2v) is 4.89. The van der Waals surface area contributed by atoms with Crippen LogP contribution in [0.25, 0.3) is 11.0 Å². The van der Waals surface area contributed by atoms with Crippen LogP contribution in [0.1, 0.15) is 16.1 Å². The molecule has 2 rings (SSSR count). The lowest BCUT2D eigenvalue weighted by atomic mass is 10.1. The average molecular weight is 329 g/mol. The Labute approximate surface area is 116 Å². The van der Waals surface area contributed by atoms with Crippen molar-refractivity contribution in [2.24, 2.45) is 0 Å². The van der Waals surface area contributed by atoms with Crippen LogP contribution in [0.4, 0.5) is 0 Å². The Morgan fingerprint density at radius 3 is 2.78 bits per heavy atom. The van der Waals surface area contributed by atoms with Gasteiger partial charge in [-0.2, -0.15) is 0 Å². The fraction of sp³-hybridized carbons (Fsp3) is 0.167. The number of aromatic hydroxyl groups is 1. The van der Waals surface area contributed by atoms with E-state index in [1.54, 1.807) is 13.0 Å². The Hall–Kier alpha value is -1.40. The number of ether oxygens (including phenoxy) is 1. The van der Waals surface area contributed by atoms with Gasteiger partial charge in [0.05, 0.1) is 17.0 Å². The molecule has 0 aliphatic rings. The fourth-order valence-corrected chi connectivity index (χ4v) is 2.61. The third kappa shape index (κ3) is 1.81. The van der Waals surface area contributed by atoms with Crippen molar-refractivity contribution in [1.29, 1.82) is 0 Å². The van der Waals surface area contributed by atoms with Gasteiger partial charge in [0.15, 0.2) is 11.9 Å². The van der Waals surface area contributed by atoms with Gasteiger partial charge in [-0.1, -0.05) is 12.2 Å². The Morgan fingerprint density at radius 2 is 2.22 bits per heavy atom. The minimum absolute atomic E-state index is 0.0435. The first-order chi connectivity index (χ1) is 8.51. The molecule has 94 valence electrons. The second kappa shape index (κ2) is 4.70. The lowest BCUT2D eigenvalue weighted by Gasteiger charge is -2.12. The monoisotopic (exact) mass is 328 g/mol. The van der Waals surface area contributed by atoms with Gasteiger partial charge in [-0.15, -0.1) is 0 Å². The summed E-state index contributed by atoms with van der Waals surface area (Å²) < 4.78 is 11.5. The number of phenolic OH excluding ortho intramolecular Hbond substituents is 1. The summed E-state index contributed by atoms with van der Waals surface area (Å²) >= 11 is 8.45. The van der Waals surface area contributed by atoms with Gasteiger partial charge >= 0.3 is 0 Å². The van der Waals surface area contributed by atoms with Crippen LogP contribution in [0.2, 0.25) is 0 Å². The number of carbonyl (C=O) groups excluding carboxylic acids is 1. The Balaban J connectivity index is 3.14. The highest BCUT2D eigenvalue weighted by molar-refractivity contribution is 9.10. The van der Waals surface area contributed by atoms with Gasteiger partial charge in [-0.05, 0) is 28.9 Å². The molecule has 0 aliphatic carbocycles. The number of fused-ring (bicyclic) bond motifs is 1. The summed E-state index contributed by atoms with van der Waals surface area (Å²) in [5.41, 5.74) is 0.405. The predicted molar refractivity (Wildman–Crippen MR) is 73.1 cm³/mol. The highest BCUT2D eigenvalue weighted by Gasteiger charge is 2.21. The maximum absolute atomic E-state index is 11.1. The molecule has 0 unspecified atom stereocenters. The standard InChI is InChI=1S/C12H9BrO4S/c1-5-3-7(18)8-11(16-2)6(4-14)10(15)9(13)12(8)17-5/h3-4,15H,1-2H3. The summed E-state index contributed by atoms with van der Waals surface area (Å²) in [6.07, 6.45) is 0.521. The van der Waals surface area contributed by atoms with E-state index in [4.69, 9.17) is 21.4 Å². The number of hydrogen-bond donors (Lipinski definition) is 1. The number of phenols is 1. The van der Waals surface area contributed by atoms with Crippen LogP contribution >= 0.6 is 28.1 Å². The summed E-state index contributed by atoms with van der Waals surface area (Å²) in [6.45, 7) is 1.75. The zero-order valence-electron chi connectivity index (χ0n) is 9.61. The number of aldehydes is 1. The highest BCUT2D eigenvalue weighted by atomic mass is 79.9. The Bertz CT molecular complexity index is 706. The molecule has 1 N–H and O–H groups in total. The Kier molecular flexibility index (Phi) is 3.41. The molecule has 1 heterocycles. The molecule has 4 nitrogen and oxygen atoms in total. The van der Waals surface area contributed by atoms with Crippen LogP contribution in [0.15, 0.2) is 15.0 Å². The number of benzene rings is 1. The van der Waals surface area contributed by atoms with E-state index in [1.807, 2.05) is 0 Å². The first-order valence-corrected chi connectivity index (χ1v) is 6.19. The van der Waals surface area contributed by atoms with E-state index in [1.165, 1.54) is 7.11 Å². The molecule has 0 spiro atoms. The van der Waals surface area contributed by atoms with E-state index in [0.717, 1.165) is 0 Å². The molecule has 0 saturated carbocycles. The molecule has 6 heteroatoms. The molecule has 0 aliphatic heterocycles. The zero-order valence-corrected chi connectivity index (χ0v) is 12.0. The van der Waals surface area contributed by atoms with Crippen LogP contribution in [0, 0.1) is 11.4 Å². The van der Waals surface area contributed by atoms with Crippen molar-refractivity contribution in [3.05, 3.63) is 26.4 Å². The van der Waals surface area contributed by atoms with Crippen molar-refractivity contribution >= 4 is 45.4 Å². The van der Waals surface area contributed by atoms with Crippen LogP contribution in [-0.4, -0.2) is 18.5 Å². The van der Waals surface area contributed by atoms with Gasteiger partial charge < -0.3 is 14.3 Å². The zero-order chi connectivity index (χ0) is 13.4. The van der Waals surface area contributed by atoms with E-state index < -0.39 is 0 Å². The molecular weight excluding hydrogens is 320 g/mol. The number of carbonyl (C=O) groups is 1. The lowest BCUT2D eigenvalue weighted by Crippen LogP contribution is -1.95. The molecule has 1 aromatic carbocycles. The van der Waals surface area contributed by atoms with Crippen molar-refractivity contribution in [3.8, 4) is 11.5 Å². The molecule has 0 saturated heterocycles. The SMILES string of the molecule is COc1c(C=O)c(O)c(Br)c2oc(C)cc(=S)c12. The van der Waals surface area contributed by atoms with Gasteiger partial charge in [0, 0.05) is 0 Å². The maximum Gasteiger partial charge on any atom is 0.157 e. The molecule has 1 aromatic heterocycles. The minimum atomic E-state index is -0.224. The van der Waals surface area contributed by atoms with Crippen molar-refractivity contribution < 1.29 is 19.1 Å². The van der Waals surface area contributed by atoms with E-state index in [-0.39, 0.29) is 21.5 Å². The van der Waals surface area contributed by atoms with Crippen molar-refractivity contribution in [2.75, 3.05) is 7.11 Å². The van der Waals surface area contributed by atoms with Crippen molar-refractivity contribution in [2.45, 2.75) is 6.92 Å². The van der Waals surface area contributed by atoms with Crippen LogP contribution in [-0.2, 0) is 0 Å². The lowest BCUT2D eigenvalue weighted by molar-refractivity contribution is 0.111. The van der Waals surface area contributed by atoms with Gasteiger partial charge in [0.1, 0.15) is 27.3 Å². The quantitative estimate of drug-likeness (QED) is 0.671. The van der Waals surface area contributed by atoms with E-state index in [2.05, 4.69) is 15.9 Å². The summed E-state index contributed by atoms with van der Waals surface area (Å²) in [5.74, 6) is 0.598. The van der Waals surface area contributed by atoms with Crippen LogP contribution in [0.5, 0.6) is 11.5 Å². The van der Waals surface area contributed by atoms with Crippen molar-refractivity contribution in [1.82, 2.24) is 0 Å². The number of methoxy groups -OCH3 is 1. The van der Waals surface area contributed by atoms with Crippen molar-refractivity contribution in [3.63, 3.8) is 0 Å². The first-order valence-electron chi connectivity index (χ1n) is 4.99.